The van der Waals surface area contributed by atoms with Crippen molar-refractivity contribution in [2.75, 3.05) is 0 Å². The Balaban J connectivity index is 2.20. The van der Waals surface area contributed by atoms with Gasteiger partial charge in [-0.1, -0.05) is 120 Å². The van der Waals surface area contributed by atoms with Crippen LogP contribution in [0.2, 0.25) is 19.6 Å². The molecule has 1 aromatic carbocycles. The first-order valence-electron chi connectivity index (χ1n) is 11.3. The van der Waals surface area contributed by atoms with E-state index in [1.54, 1.807) is 5.20 Å². The van der Waals surface area contributed by atoms with Gasteiger partial charge in [-0.25, -0.2) is 0 Å². The highest BCUT2D eigenvalue weighted by Gasteiger charge is 2.18. The molecule has 0 fully saturated rings. The molecule has 0 amide bonds. The van der Waals surface area contributed by atoms with Gasteiger partial charge in [0.15, 0.2) is 0 Å². The quantitative estimate of drug-likeness (QED) is 0.213. The molecule has 0 N–H and O–H groups in total. The van der Waals surface area contributed by atoms with Crippen LogP contribution < -0.4 is 0 Å². The predicted molar refractivity (Wildman–Crippen MR) is 123 cm³/mol. The van der Waals surface area contributed by atoms with Crippen molar-refractivity contribution in [3.8, 4) is 0 Å². The molecule has 0 aromatic heterocycles. The van der Waals surface area contributed by atoms with Gasteiger partial charge in [0, 0.05) is 0 Å². The molecular weight excluding hydrogens is 328 g/mol. The van der Waals surface area contributed by atoms with E-state index in [1.807, 2.05) is 0 Å². The molecule has 1 heteroatoms. The highest BCUT2D eigenvalue weighted by atomic mass is 28.3. The van der Waals surface area contributed by atoms with E-state index in [2.05, 4.69) is 63.0 Å². The van der Waals surface area contributed by atoms with Crippen molar-refractivity contribution in [3.05, 3.63) is 47.2 Å². The van der Waals surface area contributed by atoms with E-state index in [0.717, 1.165) is 0 Å². The van der Waals surface area contributed by atoms with Gasteiger partial charge >= 0.3 is 0 Å². The summed E-state index contributed by atoms with van der Waals surface area (Å²) in [6, 6.07) is 11.0. The van der Waals surface area contributed by atoms with Crippen LogP contribution in [0.15, 0.2) is 41.6 Å². The third-order valence-electron chi connectivity index (χ3n) is 5.42. The Hall–Kier alpha value is -0.823. The first-order chi connectivity index (χ1) is 12.5. The molecule has 0 aliphatic rings. The lowest BCUT2D eigenvalue weighted by Crippen LogP contribution is -2.24. The fourth-order valence-electron chi connectivity index (χ4n) is 3.64. The highest BCUT2D eigenvalue weighted by molar-refractivity contribution is 6.83. The summed E-state index contributed by atoms with van der Waals surface area (Å²) >= 11 is 0. The average molecular weight is 373 g/mol. The summed E-state index contributed by atoms with van der Waals surface area (Å²) in [7, 11) is -1.16. The normalized spacial score (nSPS) is 12.5. The minimum absolute atomic E-state index is 1.16. The fourth-order valence-corrected chi connectivity index (χ4v) is 5.33. The summed E-state index contributed by atoms with van der Waals surface area (Å²) in [5.74, 6) is 0. The van der Waals surface area contributed by atoms with Gasteiger partial charge in [0.25, 0.3) is 0 Å². The highest BCUT2D eigenvalue weighted by Crippen LogP contribution is 2.22. The number of benzene rings is 1. The largest absolute Gasteiger partial charge is 0.0892 e. The lowest BCUT2D eigenvalue weighted by molar-refractivity contribution is 0.566. The van der Waals surface area contributed by atoms with E-state index in [-0.39, 0.29) is 0 Å². The maximum absolute atomic E-state index is 2.62. The van der Waals surface area contributed by atoms with Gasteiger partial charge in [0.05, 0.1) is 8.07 Å². The van der Waals surface area contributed by atoms with Gasteiger partial charge in [-0.05, 0) is 37.7 Å². The molecule has 0 spiro atoms. The smallest absolute Gasteiger partial charge is 0.0720 e. The van der Waals surface area contributed by atoms with E-state index in [0.29, 0.717) is 0 Å². The molecule has 0 aliphatic carbocycles. The van der Waals surface area contributed by atoms with Crippen LogP contribution in [-0.2, 0) is 6.42 Å². The molecule has 0 saturated carbocycles. The molecular formula is C25H44Si. The molecule has 0 saturated heterocycles. The lowest BCUT2D eigenvalue weighted by Gasteiger charge is -2.21. The number of aryl methyl sites for hydroxylation is 1. The average Bonchev–Trinajstić information content (AvgIpc) is 2.61. The van der Waals surface area contributed by atoms with E-state index in [9.17, 15) is 0 Å². The molecule has 1 rings (SSSR count). The molecule has 0 bridgehead atoms. The topological polar surface area (TPSA) is 0 Å². The molecule has 1 aromatic rings. The van der Waals surface area contributed by atoms with Crippen molar-refractivity contribution in [2.24, 2.45) is 0 Å². The standard InChI is InChI=1S/C25H44Si/c1-5-6-7-8-9-10-11-12-13-17-22-25(26(2,3)4)23-18-21-24-19-15-14-16-20-24/h14-16,19-20,22H,5-13,17-18,21,23H2,1-4H3/b25-22-. The molecule has 0 nitrogen and oxygen atoms in total. The van der Waals surface area contributed by atoms with Gasteiger partial charge in [0.2, 0.25) is 0 Å². The monoisotopic (exact) mass is 372 g/mol. The van der Waals surface area contributed by atoms with Crippen molar-refractivity contribution < 1.29 is 0 Å². The summed E-state index contributed by atoms with van der Waals surface area (Å²) < 4.78 is 0. The third kappa shape index (κ3) is 11.7. The summed E-state index contributed by atoms with van der Waals surface area (Å²) in [6.07, 6.45) is 20.6. The number of hydrogen-bond donors (Lipinski definition) is 0. The van der Waals surface area contributed by atoms with Crippen LogP contribution in [0.3, 0.4) is 0 Å². The zero-order valence-corrected chi connectivity index (χ0v) is 19.2. The third-order valence-corrected chi connectivity index (χ3v) is 7.80. The first-order valence-corrected chi connectivity index (χ1v) is 14.8. The zero-order chi connectivity index (χ0) is 19.1. The van der Waals surface area contributed by atoms with Crippen molar-refractivity contribution >= 4 is 8.07 Å². The molecule has 0 unspecified atom stereocenters. The summed E-state index contributed by atoms with van der Waals surface area (Å²) in [5.41, 5.74) is 1.49. The summed E-state index contributed by atoms with van der Waals surface area (Å²) in [4.78, 5) is 0. The maximum atomic E-state index is 2.62. The molecule has 26 heavy (non-hydrogen) atoms. The second-order valence-electron chi connectivity index (χ2n) is 8.94. The fraction of sp³-hybridized carbons (Fsp3) is 0.680. The molecule has 0 atom stereocenters. The maximum Gasteiger partial charge on any atom is 0.0720 e. The number of hydrogen-bond acceptors (Lipinski definition) is 0. The molecule has 0 heterocycles. The van der Waals surface area contributed by atoms with Crippen LogP contribution >= 0.6 is 0 Å². The Kier molecular flexibility index (Phi) is 12.7. The second-order valence-corrected chi connectivity index (χ2v) is 14.1. The zero-order valence-electron chi connectivity index (χ0n) is 18.2. The summed E-state index contributed by atoms with van der Waals surface area (Å²) in [5, 5.41) is 1.80. The Morgan fingerprint density at radius 3 is 1.92 bits per heavy atom. The Bertz CT molecular complexity index is 467. The van der Waals surface area contributed by atoms with Crippen LogP contribution in [0.5, 0.6) is 0 Å². The number of rotatable bonds is 15. The van der Waals surface area contributed by atoms with Crippen molar-refractivity contribution in [1.82, 2.24) is 0 Å². The van der Waals surface area contributed by atoms with Gasteiger partial charge < -0.3 is 0 Å². The van der Waals surface area contributed by atoms with Crippen molar-refractivity contribution in [1.29, 1.82) is 0 Å². The second kappa shape index (κ2) is 14.3. The van der Waals surface area contributed by atoms with Crippen LogP contribution in [0.25, 0.3) is 0 Å². The Morgan fingerprint density at radius 2 is 1.35 bits per heavy atom. The van der Waals surface area contributed by atoms with E-state index in [1.165, 1.54) is 89.0 Å². The van der Waals surface area contributed by atoms with Crippen molar-refractivity contribution in [2.45, 2.75) is 110 Å². The van der Waals surface area contributed by atoms with Gasteiger partial charge in [-0.15, -0.1) is 0 Å². The van der Waals surface area contributed by atoms with E-state index < -0.39 is 8.07 Å². The van der Waals surface area contributed by atoms with E-state index >= 15 is 0 Å². The molecule has 0 radical (unpaired) electrons. The van der Waals surface area contributed by atoms with Crippen LogP contribution in [0, 0.1) is 0 Å². The van der Waals surface area contributed by atoms with Crippen molar-refractivity contribution in [3.63, 3.8) is 0 Å². The minimum atomic E-state index is -1.16. The van der Waals surface area contributed by atoms with E-state index in [4.69, 9.17) is 0 Å². The Labute approximate surface area is 165 Å². The SMILES string of the molecule is CCCCCCCCCCC/C=C(/CCCc1ccccc1)[Si](C)(C)C. The minimum Gasteiger partial charge on any atom is -0.0892 e. The van der Waals surface area contributed by atoms with Crippen LogP contribution in [0.1, 0.15) is 89.5 Å². The summed E-state index contributed by atoms with van der Waals surface area (Å²) in [6.45, 7) is 9.83. The van der Waals surface area contributed by atoms with Gasteiger partial charge in [-0.2, -0.15) is 0 Å². The molecule has 0 aliphatic heterocycles. The van der Waals surface area contributed by atoms with Gasteiger partial charge in [0.1, 0.15) is 0 Å². The van der Waals surface area contributed by atoms with Crippen LogP contribution in [-0.4, -0.2) is 8.07 Å². The molecule has 148 valence electrons. The predicted octanol–water partition coefficient (Wildman–Crippen LogP) is 8.73. The number of unbranched alkanes of at least 4 members (excludes halogenated alkanes) is 9. The lowest BCUT2D eigenvalue weighted by atomic mass is 10.1. The number of allylic oxidation sites excluding steroid dienone is 2. The van der Waals surface area contributed by atoms with Gasteiger partial charge in [-0.3, -0.25) is 0 Å². The first kappa shape index (κ1) is 23.2. The Morgan fingerprint density at radius 1 is 0.769 bits per heavy atom. The van der Waals surface area contributed by atoms with Crippen LogP contribution in [0.4, 0.5) is 0 Å².